The molecular weight excluding hydrogens is 204 g/mol. The first-order valence-corrected chi connectivity index (χ1v) is 4.72. The Kier molecular flexibility index (Phi) is 2.49. The van der Waals surface area contributed by atoms with Crippen LogP contribution in [0.25, 0.3) is 0 Å². The summed E-state index contributed by atoms with van der Waals surface area (Å²) < 4.78 is 53.2. The molecule has 1 fully saturated rings. The molecule has 0 bridgehead atoms. The molecule has 5 heteroatoms. The molecule has 1 aliphatic heterocycles. The molecule has 0 aromatic rings. The van der Waals surface area contributed by atoms with Crippen LogP contribution in [-0.4, -0.2) is 44.5 Å². The first-order valence-electron chi connectivity index (χ1n) is 6.22. The highest BCUT2D eigenvalue weighted by molar-refractivity contribution is 5.77. The molecule has 0 unspecified atom stereocenters. The molecule has 1 rings (SSSR count). The van der Waals surface area contributed by atoms with E-state index in [1.807, 2.05) is 0 Å². The zero-order valence-electron chi connectivity index (χ0n) is 11.8. The number of alkyl halides is 2. The van der Waals surface area contributed by atoms with E-state index in [4.69, 9.17) is 4.11 Å². The lowest BCUT2D eigenvalue weighted by atomic mass is 9.72. The zero-order chi connectivity index (χ0) is 14.1. The molecule has 2 atom stereocenters. The average Bonchev–Trinajstić information content (AvgIpc) is 2.25. The van der Waals surface area contributed by atoms with Crippen LogP contribution in [0.5, 0.6) is 0 Å². The Morgan fingerprint density at radius 2 is 2.40 bits per heavy atom. The van der Waals surface area contributed by atoms with Gasteiger partial charge in [0.05, 0.1) is 12.5 Å². The van der Waals surface area contributed by atoms with Crippen molar-refractivity contribution in [2.24, 2.45) is 11.3 Å². The van der Waals surface area contributed by atoms with Crippen LogP contribution in [-0.2, 0) is 9.53 Å². The highest BCUT2D eigenvalue weighted by Crippen LogP contribution is 2.39. The first kappa shape index (κ1) is 8.44. The molecule has 0 saturated carbocycles. The van der Waals surface area contributed by atoms with E-state index in [0.29, 0.717) is 6.54 Å². The number of hydrogen-bond acceptors (Lipinski definition) is 3. The van der Waals surface area contributed by atoms with Crippen LogP contribution >= 0.6 is 0 Å². The number of piperidine rings is 1. The fourth-order valence-corrected chi connectivity index (χ4v) is 1.97. The minimum atomic E-state index is -2.86. The summed E-state index contributed by atoms with van der Waals surface area (Å²) in [6.07, 6.45) is -2.90. The molecule has 0 aromatic carbocycles. The molecule has 3 nitrogen and oxygen atoms in total. The van der Waals surface area contributed by atoms with Crippen molar-refractivity contribution in [1.29, 1.82) is 0 Å². The summed E-state index contributed by atoms with van der Waals surface area (Å²) >= 11 is 0. The van der Waals surface area contributed by atoms with Crippen molar-refractivity contribution in [2.75, 3.05) is 27.2 Å². The van der Waals surface area contributed by atoms with Crippen LogP contribution in [0.4, 0.5) is 8.78 Å². The Morgan fingerprint density at radius 1 is 1.73 bits per heavy atom. The van der Waals surface area contributed by atoms with Gasteiger partial charge in [-0.25, -0.2) is 8.78 Å². The number of ether oxygens (including phenoxy) is 1. The number of esters is 1. The Morgan fingerprint density at radius 3 is 2.87 bits per heavy atom. The zero-order valence-corrected chi connectivity index (χ0v) is 8.80. The Balaban J connectivity index is 3.29. The monoisotopic (exact) mass is 224 g/mol. The Labute approximate surface area is 92.6 Å². The number of hydrogen-bond donors (Lipinski definition) is 0. The van der Waals surface area contributed by atoms with Gasteiger partial charge in [0.2, 0.25) is 6.43 Å². The van der Waals surface area contributed by atoms with Gasteiger partial charge in [-0.15, -0.1) is 0 Å². The summed E-state index contributed by atoms with van der Waals surface area (Å²) in [7, 11) is 2.62. The summed E-state index contributed by atoms with van der Waals surface area (Å²) in [6.45, 7) is -2.73. The average molecular weight is 224 g/mol. The lowest BCUT2D eigenvalue weighted by Crippen LogP contribution is -2.52. The lowest BCUT2D eigenvalue weighted by Gasteiger charge is -2.42. The van der Waals surface area contributed by atoms with E-state index >= 15 is 0 Å². The Bertz CT molecular complexity index is 325. The van der Waals surface area contributed by atoms with Crippen molar-refractivity contribution in [3.8, 4) is 0 Å². The molecule has 88 valence electrons. The van der Waals surface area contributed by atoms with Crippen LogP contribution in [0.3, 0.4) is 0 Å². The normalized spacial score (nSPS) is 36.9. The molecule has 0 aliphatic carbocycles. The van der Waals surface area contributed by atoms with Crippen LogP contribution in [0, 0.1) is 11.3 Å². The van der Waals surface area contributed by atoms with Gasteiger partial charge in [0.15, 0.2) is 0 Å². The van der Waals surface area contributed by atoms with E-state index in [1.54, 1.807) is 11.9 Å². The Hall–Kier alpha value is -0.710. The van der Waals surface area contributed by atoms with E-state index in [-0.39, 0.29) is 13.0 Å². The summed E-state index contributed by atoms with van der Waals surface area (Å²) in [5.41, 5.74) is -2.15. The second kappa shape index (κ2) is 4.43. The number of nitrogens with zero attached hydrogens (tertiary/aromatic N) is 1. The lowest BCUT2D eigenvalue weighted by molar-refractivity contribution is -0.165. The maximum absolute atomic E-state index is 13.1. The predicted molar refractivity (Wildman–Crippen MR) is 51.7 cm³/mol. The topological polar surface area (TPSA) is 29.5 Å². The first-order chi connectivity index (χ1) is 8.16. The SMILES string of the molecule is [2H]C([2H])([2H])[C@@]1(C(=O)OC)CN(C)CC[C@@H]1C(F)F. The number of halogens is 2. The van der Waals surface area contributed by atoms with Crippen molar-refractivity contribution >= 4 is 5.97 Å². The quantitative estimate of drug-likeness (QED) is 0.664. The van der Waals surface area contributed by atoms with Gasteiger partial charge in [-0.3, -0.25) is 4.79 Å². The van der Waals surface area contributed by atoms with Crippen LogP contribution in [0.1, 0.15) is 17.4 Å². The maximum Gasteiger partial charge on any atom is 0.313 e. The van der Waals surface area contributed by atoms with Gasteiger partial charge in [-0.05, 0) is 26.9 Å². The number of likely N-dealkylation sites (tertiary alicyclic amines) is 1. The van der Waals surface area contributed by atoms with Crippen LogP contribution < -0.4 is 0 Å². The van der Waals surface area contributed by atoms with Crippen molar-refractivity contribution in [1.82, 2.24) is 4.90 Å². The summed E-state index contributed by atoms with van der Waals surface area (Å²) in [4.78, 5) is 13.4. The molecule has 0 radical (unpaired) electrons. The second-order valence-corrected chi connectivity index (χ2v) is 3.93. The minimum Gasteiger partial charge on any atom is -0.469 e. The fourth-order valence-electron chi connectivity index (χ4n) is 1.97. The predicted octanol–water partition coefficient (Wildman–Crippen LogP) is 1.38. The standard InChI is InChI=1S/C10H17F2NO2/c1-10(9(14)15-3)6-13(2)5-4-7(10)8(11)12/h7-8H,4-6H2,1-3H3/t7-,10-/m1/s1/i1D3. The number of carbonyl (C=O) groups excluding carboxylic acids is 1. The largest absolute Gasteiger partial charge is 0.469 e. The van der Waals surface area contributed by atoms with E-state index in [2.05, 4.69) is 4.74 Å². The third-order valence-electron chi connectivity index (χ3n) is 2.83. The smallest absolute Gasteiger partial charge is 0.313 e. The second-order valence-electron chi connectivity index (χ2n) is 3.93. The van der Waals surface area contributed by atoms with Gasteiger partial charge < -0.3 is 9.64 Å². The third-order valence-corrected chi connectivity index (χ3v) is 2.83. The molecule has 0 aromatic heterocycles. The molecule has 1 heterocycles. The molecule has 15 heavy (non-hydrogen) atoms. The van der Waals surface area contributed by atoms with Crippen molar-refractivity contribution in [3.05, 3.63) is 0 Å². The van der Waals surface area contributed by atoms with Crippen LogP contribution in [0.2, 0.25) is 0 Å². The highest BCUT2D eigenvalue weighted by Gasteiger charge is 2.49. The van der Waals surface area contributed by atoms with Crippen molar-refractivity contribution in [3.63, 3.8) is 0 Å². The third kappa shape index (κ3) is 2.27. The summed E-state index contributed by atoms with van der Waals surface area (Å²) in [5, 5.41) is 0. The number of carbonyl (C=O) groups is 1. The van der Waals surface area contributed by atoms with Crippen molar-refractivity contribution < 1.29 is 22.4 Å². The van der Waals surface area contributed by atoms with E-state index in [9.17, 15) is 13.6 Å². The van der Waals surface area contributed by atoms with E-state index in [1.165, 1.54) is 0 Å². The molecule has 1 saturated heterocycles. The fraction of sp³-hybridized carbons (Fsp3) is 0.900. The van der Waals surface area contributed by atoms with Gasteiger partial charge in [0.1, 0.15) is 0 Å². The molecule has 1 aliphatic rings. The van der Waals surface area contributed by atoms with E-state index < -0.39 is 30.6 Å². The van der Waals surface area contributed by atoms with E-state index in [0.717, 1.165) is 7.11 Å². The highest BCUT2D eigenvalue weighted by atomic mass is 19.3. The van der Waals surface area contributed by atoms with Gasteiger partial charge >= 0.3 is 5.97 Å². The van der Waals surface area contributed by atoms with Crippen LogP contribution in [0.15, 0.2) is 0 Å². The summed E-state index contributed by atoms with van der Waals surface area (Å²) in [5.74, 6) is -2.59. The van der Waals surface area contributed by atoms with Gasteiger partial charge in [0.25, 0.3) is 0 Å². The summed E-state index contributed by atoms with van der Waals surface area (Å²) in [6, 6.07) is 0. The minimum absolute atomic E-state index is 0.0400. The molecule has 0 N–H and O–H groups in total. The van der Waals surface area contributed by atoms with Crippen molar-refractivity contribution in [2.45, 2.75) is 19.7 Å². The number of rotatable bonds is 2. The molecular formula is C10H17F2NO2. The van der Waals surface area contributed by atoms with Gasteiger partial charge in [0, 0.05) is 16.6 Å². The van der Waals surface area contributed by atoms with Gasteiger partial charge in [-0.1, -0.05) is 0 Å². The van der Waals surface area contributed by atoms with Gasteiger partial charge in [-0.2, -0.15) is 0 Å². The molecule has 0 amide bonds. The maximum atomic E-state index is 13.1. The molecule has 0 spiro atoms. The number of methoxy groups -OCH3 is 1.